The second kappa shape index (κ2) is 3.69. The van der Waals surface area contributed by atoms with E-state index in [-0.39, 0.29) is 6.04 Å². The molecule has 1 aromatic rings. The van der Waals surface area contributed by atoms with Gasteiger partial charge in [0.15, 0.2) is 0 Å². The van der Waals surface area contributed by atoms with Crippen LogP contribution in [0.4, 0.5) is 13.2 Å². The van der Waals surface area contributed by atoms with Crippen LogP contribution in [-0.4, -0.2) is 45.7 Å². The van der Waals surface area contributed by atoms with E-state index in [1.807, 2.05) is 6.20 Å². The molecule has 7 heteroatoms. The molecule has 0 atom stereocenters. The van der Waals surface area contributed by atoms with Crippen LogP contribution in [0, 0.1) is 0 Å². The Morgan fingerprint density at radius 3 is 2.59 bits per heavy atom. The van der Waals surface area contributed by atoms with Crippen LogP contribution in [0.3, 0.4) is 0 Å². The van der Waals surface area contributed by atoms with E-state index in [0.29, 0.717) is 19.0 Å². The van der Waals surface area contributed by atoms with Crippen LogP contribution in [-0.2, 0) is 0 Å². The Morgan fingerprint density at radius 1 is 1.29 bits per heavy atom. The van der Waals surface area contributed by atoms with Gasteiger partial charge in [-0.05, 0) is 12.8 Å². The van der Waals surface area contributed by atoms with Gasteiger partial charge < -0.3 is 0 Å². The average Bonchev–Trinajstić information content (AvgIpc) is 2.90. The number of likely N-dealkylation sites (tertiary alicyclic amines) is 1. The van der Waals surface area contributed by atoms with Crippen molar-refractivity contribution in [2.75, 3.05) is 19.6 Å². The van der Waals surface area contributed by atoms with E-state index >= 15 is 0 Å². The molecule has 0 bridgehead atoms. The largest absolute Gasteiger partial charge is 0.401 e. The number of alkyl halides is 3. The summed E-state index contributed by atoms with van der Waals surface area (Å²) < 4.78 is 38.0. The molecule has 0 amide bonds. The van der Waals surface area contributed by atoms with Gasteiger partial charge in [0, 0.05) is 25.2 Å². The molecule has 4 nitrogen and oxygen atoms in total. The fraction of sp³-hybridized carbons (Fsp3) is 0.800. The van der Waals surface area contributed by atoms with Gasteiger partial charge in [0.25, 0.3) is 0 Å². The lowest BCUT2D eigenvalue weighted by molar-refractivity contribution is -0.157. The van der Waals surface area contributed by atoms with Crippen molar-refractivity contribution in [3.8, 4) is 0 Å². The van der Waals surface area contributed by atoms with E-state index in [9.17, 15) is 13.2 Å². The maximum atomic E-state index is 12.1. The number of hydrogen-bond donors (Lipinski definition) is 0. The summed E-state index contributed by atoms with van der Waals surface area (Å²) in [5, 5.41) is 8.04. The Kier molecular flexibility index (Phi) is 2.39. The van der Waals surface area contributed by atoms with E-state index in [4.69, 9.17) is 0 Å². The van der Waals surface area contributed by atoms with Gasteiger partial charge in [-0.1, -0.05) is 5.21 Å². The second-order valence-corrected chi connectivity index (χ2v) is 4.86. The molecule has 1 aromatic heterocycles. The molecule has 0 spiro atoms. The monoisotopic (exact) mass is 246 g/mol. The second-order valence-electron chi connectivity index (χ2n) is 4.86. The Labute approximate surface area is 96.4 Å². The van der Waals surface area contributed by atoms with Crippen LogP contribution in [0.15, 0.2) is 6.20 Å². The van der Waals surface area contributed by atoms with Crippen molar-refractivity contribution in [1.82, 2.24) is 19.9 Å². The predicted octanol–water partition coefficient (Wildman–Crippen LogP) is 1.57. The van der Waals surface area contributed by atoms with Gasteiger partial charge in [-0.2, -0.15) is 13.2 Å². The third-order valence-corrected chi connectivity index (χ3v) is 3.24. The van der Waals surface area contributed by atoms with Crippen molar-refractivity contribution in [3.05, 3.63) is 11.9 Å². The highest BCUT2D eigenvalue weighted by atomic mass is 19.4. The van der Waals surface area contributed by atoms with Gasteiger partial charge in [-0.15, -0.1) is 5.10 Å². The normalized spacial score (nSPS) is 22.8. The van der Waals surface area contributed by atoms with Crippen LogP contribution < -0.4 is 0 Å². The lowest BCUT2D eigenvalue weighted by Gasteiger charge is -2.39. The molecular weight excluding hydrogens is 233 g/mol. The van der Waals surface area contributed by atoms with E-state index < -0.39 is 12.7 Å². The van der Waals surface area contributed by atoms with Crippen molar-refractivity contribution < 1.29 is 13.2 Å². The molecule has 17 heavy (non-hydrogen) atoms. The molecule has 2 heterocycles. The molecule has 0 N–H and O–H groups in total. The summed E-state index contributed by atoms with van der Waals surface area (Å²) in [6, 6.07) is 0.0531. The van der Waals surface area contributed by atoms with Gasteiger partial charge in [0.1, 0.15) is 0 Å². The molecule has 0 aromatic carbocycles. The molecule has 0 radical (unpaired) electrons. The first kappa shape index (κ1) is 11.0. The summed E-state index contributed by atoms with van der Waals surface area (Å²) in [6.45, 7) is -0.00632. The van der Waals surface area contributed by atoms with E-state index in [1.165, 1.54) is 4.90 Å². The molecule has 2 aliphatic rings. The fourth-order valence-electron chi connectivity index (χ4n) is 2.13. The molecule has 1 saturated carbocycles. The van der Waals surface area contributed by atoms with Crippen molar-refractivity contribution in [1.29, 1.82) is 0 Å². The third-order valence-electron chi connectivity index (χ3n) is 3.24. The Bertz CT molecular complexity index is 404. The van der Waals surface area contributed by atoms with Gasteiger partial charge in [-0.3, -0.25) is 4.90 Å². The Hall–Kier alpha value is -1.11. The smallest absolute Gasteiger partial charge is 0.291 e. The number of nitrogens with zero attached hydrogens (tertiary/aromatic N) is 4. The number of halogens is 3. The highest BCUT2D eigenvalue weighted by Crippen LogP contribution is 2.39. The maximum absolute atomic E-state index is 12.1. The number of hydrogen-bond acceptors (Lipinski definition) is 3. The zero-order chi connectivity index (χ0) is 12.0. The molecule has 94 valence electrons. The molecule has 3 rings (SSSR count). The summed E-state index contributed by atoms with van der Waals surface area (Å²) >= 11 is 0. The highest BCUT2D eigenvalue weighted by molar-refractivity contribution is 5.09. The van der Waals surface area contributed by atoms with E-state index in [2.05, 4.69) is 10.3 Å². The molecule has 1 saturated heterocycles. The van der Waals surface area contributed by atoms with Crippen LogP contribution in [0.2, 0.25) is 0 Å². The first-order valence-electron chi connectivity index (χ1n) is 5.72. The number of aromatic nitrogens is 3. The predicted molar refractivity (Wildman–Crippen MR) is 53.5 cm³/mol. The summed E-state index contributed by atoms with van der Waals surface area (Å²) in [6.07, 6.45) is 0.0902. The van der Waals surface area contributed by atoms with Crippen molar-refractivity contribution in [3.63, 3.8) is 0 Å². The van der Waals surface area contributed by atoms with Gasteiger partial charge in [0.2, 0.25) is 0 Å². The maximum Gasteiger partial charge on any atom is 0.401 e. The van der Waals surface area contributed by atoms with E-state index in [0.717, 1.165) is 18.5 Å². The summed E-state index contributed by atoms with van der Waals surface area (Å²) in [5.74, 6) is 0.537. The Balaban J connectivity index is 1.54. The standard InChI is InChI=1S/C10H13F3N4/c11-10(12,13)6-16-3-8(4-16)17-5-9(14-15-17)7-1-2-7/h5,7-8H,1-4,6H2. The van der Waals surface area contributed by atoms with E-state index in [1.54, 1.807) is 4.68 Å². The fourth-order valence-corrected chi connectivity index (χ4v) is 2.13. The van der Waals surface area contributed by atoms with Crippen molar-refractivity contribution in [2.24, 2.45) is 0 Å². The van der Waals surface area contributed by atoms with Gasteiger partial charge in [-0.25, -0.2) is 4.68 Å². The van der Waals surface area contributed by atoms with Crippen LogP contribution in [0.5, 0.6) is 0 Å². The van der Waals surface area contributed by atoms with Crippen molar-refractivity contribution >= 4 is 0 Å². The van der Waals surface area contributed by atoms with Crippen molar-refractivity contribution in [2.45, 2.75) is 31.0 Å². The summed E-state index contributed by atoms with van der Waals surface area (Å²) in [7, 11) is 0. The average molecular weight is 246 g/mol. The molecular formula is C10H13F3N4. The molecule has 0 unspecified atom stereocenters. The quantitative estimate of drug-likeness (QED) is 0.812. The lowest BCUT2D eigenvalue weighted by atomic mass is 10.1. The minimum absolute atomic E-state index is 0.0531. The molecule has 2 fully saturated rings. The highest BCUT2D eigenvalue weighted by Gasteiger charge is 2.38. The lowest BCUT2D eigenvalue weighted by Crippen LogP contribution is -2.51. The minimum Gasteiger partial charge on any atom is -0.291 e. The zero-order valence-corrected chi connectivity index (χ0v) is 9.19. The summed E-state index contributed by atoms with van der Waals surface area (Å²) in [5.41, 5.74) is 0.985. The van der Waals surface area contributed by atoms with Gasteiger partial charge in [0.05, 0.1) is 18.3 Å². The third kappa shape index (κ3) is 2.43. The van der Waals surface area contributed by atoms with Crippen LogP contribution >= 0.6 is 0 Å². The zero-order valence-electron chi connectivity index (χ0n) is 9.19. The first-order chi connectivity index (χ1) is 8.01. The molecule has 1 aliphatic carbocycles. The topological polar surface area (TPSA) is 34.0 Å². The minimum atomic E-state index is -4.10. The molecule has 1 aliphatic heterocycles. The first-order valence-corrected chi connectivity index (χ1v) is 5.72. The Morgan fingerprint density at radius 2 is 2.00 bits per heavy atom. The SMILES string of the molecule is FC(F)(F)CN1CC(n2cc(C3CC3)nn2)C1. The summed E-state index contributed by atoms with van der Waals surface area (Å²) in [4.78, 5) is 1.38. The van der Waals surface area contributed by atoms with Crippen LogP contribution in [0.1, 0.15) is 30.5 Å². The van der Waals surface area contributed by atoms with Crippen LogP contribution in [0.25, 0.3) is 0 Å². The number of rotatable bonds is 3. The van der Waals surface area contributed by atoms with Gasteiger partial charge >= 0.3 is 6.18 Å².